The number of benzene rings is 1. The molecule has 0 saturated carbocycles. The van der Waals surface area contributed by atoms with E-state index < -0.39 is 0 Å². The highest BCUT2D eigenvalue weighted by atomic mass is 35.5. The number of nitrogens with zero attached hydrogens (tertiary/aromatic N) is 4. The Bertz CT molecular complexity index is 761. The number of hydrogen-bond acceptors (Lipinski definition) is 3. The fourth-order valence-corrected chi connectivity index (χ4v) is 2.47. The fourth-order valence-electron chi connectivity index (χ4n) is 2.47. The van der Waals surface area contributed by atoms with Crippen LogP contribution in [0.1, 0.15) is 11.3 Å². The third-order valence-electron chi connectivity index (χ3n) is 3.62. The van der Waals surface area contributed by atoms with Crippen LogP contribution in [0, 0.1) is 13.8 Å². The molecule has 0 aliphatic heterocycles. The Morgan fingerprint density at radius 2 is 1.87 bits per heavy atom. The molecule has 23 heavy (non-hydrogen) atoms. The number of hydrogen-bond donors (Lipinski definition) is 0. The van der Waals surface area contributed by atoms with Gasteiger partial charge in [-0.3, -0.25) is 4.68 Å². The monoisotopic (exact) mass is 332 g/mol. The summed E-state index contributed by atoms with van der Waals surface area (Å²) in [5, 5.41) is 4.39. The van der Waals surface area contributed by atoms with E-state index in [0.29, 0.717) is 6.61 Å². The van der Waals surface area contributed by atoms with E-state index in [1.165, 1.54) is 5.56 Å². The molecule has 5 nitrogen and oxygen atoms in total. The van der Waals surface area contributed by atoms with Crippen molar-refractivity contribution < 1.29 is 4.74 Å². The van der Waals surface area contributed by atoms with Crippen LogP contribution < -0.4 is 4.74 Å². The average Bonchev–Trinajstić information content (AvgIpc) is 3.07. The van der Waals surface area contributed by atoms with Gasteiger partial charge < -0.3 is 9.30 Å². The van der Waals surface area contributed by atoms with Gasteiger partial charge in [0, 0.05) is 18.8 Å². The lowest BCUT2D eigenvalue weighted by Crippen LogP contribution is -2.08. The summed E-state index contributed by atoms with van der Waals surface area (Å²) in [6.07, 6.45) is 5.72. The van der Waals surface area contributed by atoms with Gasteiger partial charge >= 0.3 is 0 Å². The van der Waals surface area contributed by atoms with Crippen molar-refractivity contribution in [2.24, 2.45) is 7.05 Å². The zero-order chi connectivity index (χ0) is 15.5. The highest BCUT2D eigenvalue weighted by Crippen LogP contribution is 2.22. The Hall–Kier alpha value is -2.27. The molecule has 3 aromatic rings. The molecule has 0 spiro atoms. The van der Waals surface area contributed by atoms with E-state index in [-0.39, 0.29) is 12.4 Å². The summed E-state index contributed by atoms with van der Waals surface area (Å²) in [4.78, 5) is 4.26. The molecule has 0 saturated heterocycles. The summed E-state index contributed by atoms with van der Waals surface area (Å²) in [5.41, 5.74) is 4.41. The Balaban J connectivity index is 0.00000192. The Morgan fingerprint density at radius 1 is 1.13 bits per heavy atom. The summed E-state index contributed by atoms with van der Waals surface area (Å²) >= 11 is 0. The average molecular weight is 333 g/mol. The van der Waals surface area contributed by atoms with Crippen LogP contribution >= 0.6 is 12.4 Å². The molecule has 1 aromatic carbocycles. The second-order valence-corrected chi connectivity index (χ2v) is 5.44. The first kappa shape index (κ1) is 17.1. The zero-order valence-electron chi connectivity index (χ0n) is 13.6. The number of halogens is 1. The van der Waals surface area contributed by atoms with E-state index in [1.54, 1.807) is 0 Å². The number of rotatable bonds is 5. The van der Waals surface area contributed by atoms with Gasteiger partial charge in [0.1, 0.15) is 12.4 Å². The summed E-state index contributed by atoms with van der Waals surface area (Å²) in [5.74, 6) is 0.893. The van der Waals surface area contributed by atoms with Gasteiger partial charge in [-0.1, -0.05) is 17.7 Å². The number of aryl methyl sites for hydroxylation is 3. The highest BCUT2D eigenvalue weighted by Gasteiger charge is 2.11. The molecule has 0 bridgehead atoms. The fraction of sp³-hybridized carbons (Fsp3) is 0.294. The van der Waals surface area contributed by atoms with Gasteiger partial charge in [-0.15, -0.1) is 12.4 Å². The normalized spacial score (nSPS) is 10.4. The van der Waals surface area contributed by atoms with Crippen LogP contribution in [0.15, 0.2) is 43.0 Å². The quantitative estimate of drug-likeness (QED) is 0.719. The predicted octanol–water partition coefficient (Wildman–Crippen LogP) is 3.40. The first-order valence-electron chi connectivity index (χ1n) is 7.33. The van der Waals surface area contributed by atoms with E-state index in [0.717, 1.165) is 29.2 Å². The maximum absolute atomic E-state index is 5.79. The van der Waals surface area contributed by atoms with Crippen molar-refractivity contribution in [1.82, 2.24) is 19.3 Å². The summed E-state index contributed by atoms with van der Waals surface area (Å²) in [7, 11) is 1.93. The third-order valence-corrected chi connectivity index (χ3v) is 3.62. The minimum absolute atomic E-state index is 0. The molecular weight excluding hydrogens is 312 g/mol. The Kier molecular flexibility index (Phi) is 5.45. The molecule has 0 aliphatic rings. The van der Waals surface area contributed by atoms with E-state index in [4.69, 9.17) is 4.74 Å². The van der Waals surface area contributed by atoms with Crippen molar-refractivity contribution in [1.29, 1.82) is 0 Å². The predicted molar refractivity (Wildman–Crippen MR) is 93.1 cm³/mol. The molecule has 0 aliphatic carbocycles. The van der Waals surface area contributed by atoms with Crippen molar-refractivity contribution in [3.05, 3.63) is 54.2 Å². The largest absolute Gasteiger partial charge is 0.492 e. The lowest BCUT2D eigenvalue weighted by Gasteiger charge is -2.09. The molecule has 0 fully saturated rings. The summed E-state index contributed by atoms with van der Waals surface area (Å²) in [6.45, 7) is 5.43. The van der Waals surface area contributed by atoms with E-state index in [2.05, 4.69) is 33.7 Å². The molecule has 0 atom stereocenters. The molecule has 0 unspecified atom stereocenters. The standard InChI is InChI=1S/C17H20N4O.ClH/c1-13-4-6-15(7-5-13)22-9-8-21-12-18-10-17(21)16-11-20(3)19-14(16)2;/h4-7,10-12H,8-9H2,1-3H3;1H. The minimum Gasteiger partial charge on any atom is -0.492 e. The molecule has 2 aromatic heterocycles. The van der Waals surface area contributed by atoms with Crippen molar-refractivity contribution in [3.63, 3.8) is 0 Å². The summed E-state index contributed by atoms with van der Waals surface area (Å²) < 4.78 is 9.71. The second-order valence-electron chi connectivity index (χ2n) is 5.44. The van der Waals surface area contributed by atoms with Crippen molar-refractivity contribution in [3.8, 4) is 17.0 Å². The Morgan fingerprint density at radius 3 is 2.52 bits per heavy atom. The number of imidazole rings is 1. The molecule has 0 N–H and O–H groups in total. The topological polar surface area (TPSA) is 44.9 Å². The van der Waals surface area contributed by atoms with Gasteiger partial charge in [-0.2, -0.15) is 5.10 Å². The van der Waals surface area contributed by atoms with Crippen LogP contribution in [0.3, 0.4) is 0 Å². The molecular formula is C17H21ClN4O. The van der Waals surface area contributed by atoms with E-state index in [9.17, 15) is 0 Å². The van der Waals surface area contributed by atoms with Crippen LogP contribution in [0.5, 0.6) is 5.75 Å². The molecule has 6 heteroatoms. The van der Waals surface area contributed by atoms with E-state index in [1.807, 2.05) is 49.5 Å². The molecule has 0 amide bonds. The van der Waals surface area contributed by atoms with Crippen LogP contribution in [-0.2, 0) is 13.6 Å². The van der Waals surface area contributed by atoms with Crippen LogP contribution in [0.4, 0.5) is 0 Å². The van der Waals surface area contributed by atoms with E-state index >= 15 is 0 Å². The summed E-state index contributed by atoms with van der Waals surface area (Å²) in [6, 6.07) is 8.10. The minimum atomic E-state index is 0. The van der Waals surface area contributed by atoms with Gasteiger partial charge in [0.25, 0.3) is 0 Å². The van der Waals surface area contributed by atoms with Gasteiger partial charge in [-0.25, -0.2) is 4.98 Å². The maximum Gasteiger partial charge on any atom is 0.119 e. The SMILES string of the molecule is Cc1ccc(OCCn2cncc2-c2cn(C)nc2C)cc1.Cl. The van der Waals surface area contributed by atoms with Crippen molar-refractivity contribution in [2.75, 3.05) is 6.61 Å². The molecule has 0 radical (unpaired) electrons. The van der Waals surface area contributed by atoms with Crippen molar-refractivity contribution in [2.45, 2.75) is 20.4 Å². The van der Waals surface area contributed by atoms with Gasteiger partial charge in [-0.05, 0) is 26.0 Å². The van der Waals surface area contributed by atoms with Crippen LogP contribution in [-0.4, -0.2) is 25.9 Å². The third kappa shape index (κ3) is 3.93. The van der Waals surface area contributed by atoms with Crippen molar-refractivity contribution >= 4 is 12.4 Å². The molecule has 122 valence electrons. The smallest absolute Gasteiger partial charge is 0.119 e. The highest BCUT2D eigenvalue weighted by molar-refractivity contribution is 5.85. The second kappa shape index (κ2) is 7.33. The zero-order valence-corrected chi connectivity index (χ0v) is 14.4. The van der Waals surface area contributed by atoms with Gasteiger partial charge in [0.2, 0.25) is 0 Å². The number of aromatic nitrogens is 4. The lowest BCUT2D eigenvalue weighted by molar-refractivity contribution is 0.299. The maximum atomic E-state index is 5.79. The van der Waals surface area contributed by atoms with Crippen LogP contribution in [0.25, 0.3) is 11.3 Å². The van der Waals surface area contributed by atoms with Gasteiger partial charge in [0.15, 0.2) is 0 Å². The Labute approximate surface area is 142 Å². The first-order valence-corrected chi connectivity index (χ1v) is 7.33. The number of ether oxygens (including phenoxy) is 1. The lowest BCUT2D eigenvalue weighted by atomic mass is 10.2. The molecule has 2 heterocycles. The molecule has 3 rings (SSSR count). The first-order chi connectivity index (χ1) is 10.6. The van der Waals surface area contributed by atoms with Gasteiger partial charge in [0.05, 0.1) is 30.5 Å². The van der Waals surface area contributed by atoms with Crippen LogP contribution in [0.2, 0.25) is 0 Å².